The molecule has 0 saturated heterocycles. The first-order valence-corrected chi connectivity index (χ1v) is 7.18. The lowest BCUT2D eigenvalue weighted by molar-refractivity contribution is -0.116. The number of nitrogens with one attached hydrogen (secondary N) is 1. The van der Waals surface area contributed by atoms with Crippen LogP contribution in [0.5, 0.6) is 0 Å². The van der Waals surface area contributed by atoms with E-state index in [2.05, 4.69) is 5.32 Å². The first kappa shape index (κ1) is 13.8. The number of aliphatic hydroxyl groups is 1. The summed E-state index contributed by atoms with van der Waals surface area (Å²) in [7, 11) is 0. The van der Waals surface area contributed by atoms with Gasteiger partial charge in [0.2, 0.25) is 5.91 Å². The van der Waals surface area contributed by atoms with Gasteiger partial charge in [0, 0.05) is 5.56 Å². The van der Waals surface area contributed by atoms with Crippen molar-refractivity contribution < 1.29 is 9.90 Å². The highest BCUT2D eigenvalue weighted by atomic mass is 16.3. The number of fused-ring (bicyclic) bond motifs is 1. The Morgan fingerprint density at radius 3 is 2.57 bits per heavy atom. The van der Waals surface area contributed by atoms with E-state index < -0.39 is 6.10 Å². The minimum Gasteiger partial charge on any atom is -0.384 e. The fourth-order valence-corrected chi connectivity index (χ4v) is 2.98. The van der Waals surface area contributed by atoms with Crippen LogP contribution in [0.2, 0.25) is 0 Å². The van der Waals surface area contributed by atoms with Crippen LogP contribution in [0.3, 0.4) is 0 Å². The summed E-state index contributed by atoms with van der Waals surface area (Å²) in [5.74, 6) is -0.170. The Kier molecular flexibility index (Phi) is 3.30. The van der Waals surface area contributed by atoms with Gasteiger partial charge in [-0.3, -0.25) is 4.79 Å². The number of carbonyl (C=O) groups excluding carboxylic acids is 1. The summed E-state index contributed by atoms with van der Waals surface area (Å²) in [5.41, 5.74) is 5.49. The first-order chi connectivity index (χ1) is 9.99. The fraction of sp³-hybridized carbons (Fsp3) is 0.278. The van der Waals surface area contributed by atoms with E-state index in [-0.39, 0.29) is 11.8 Å². The Labute approximate surface area is 124 Å². The number of aliphatic hydroxyl groups excluding tert-OH is 1. The van der Waals surface area contributed by atoms with Crippen molar-refractivity contribution >= 4 is 11.6 Å². The van der Waals surface area contributed by atoms with Crippen molar-refractivity contribution in [2.45, 2.75) is 32.8 Å². The normalized spacial score (nSPS) is 18.3. The van der Waals surface area contributed by atoms with Crippen LogP contribution in [0, 0.1) is 13.8 Å². The quantitative estimate of drug-likeness (QED) is 0.886. The molecule has 108 valence electrons. The summed E-state index contributed by atoms with van der Waals surface area (Å²) in [5, 5.41) is 13.7. The minimum absolute atomic E-state index is 0.00571. The smallest absolute Gasteiger partial charge is 0.231 e. The number of carbonyl (C=O) groups is 1. The molecule has 1 amide bonds. The Balaban J connectivity index is 2.14. The predicted octanol–water partition coefficient (Wildman–Crippen LogP) is 3.44. The number of rotatable bonds is 2. The molecule has 3 rings (SSSR count). The lowest BCUT2D eigenvalue weighted by atomic mass is 9.91. The zero-order chi connectivity index (χ0) is 15.1. The van der Waals surface area contributed by atoms with E-state index in [1.807, 2.05) is 57.2 Å². The van der Waals surface area contributed by atoms with Crippen LogP contribution in [0.1, 0.15) is 46.8 Å². The predicted molar refractivity (Wildman–Crippen MR) is 83.5 cm³/mol. The third-order valence-corrected chi connectivity index (χ3v) is 4.23. The van der Waals surface area contributed by atoms with Gasteiger partial charge in [0.1, 0.15) is 6.10 Å². The topological polar surface area (TPSA) is 49.3 Å². The number of anilines is 1. The molecule has 0 aromatic heterocycles. The molecule has 0 bridgehead atoms. The van der Waals surface area contributed by atoms with E-state index in [0.29, 0.717) is 0 Å². The molecule has 0 fully saturated rings. The molecule has 2 N–H and O–H groups in total. The van der Waals surface area contributed by atoms with Gasteiger partial charge in [0.05, 0.1) is 11.6 Å². The van der Waals surface area contributed by atoms with Gasteiger partial charge in [-0.25, -0.2) is 0 Å². The molecule has 0 radical (unpaired) electrons. The summed E-state index contributed by atoms with van der Waals surface area (Å²) in [6.07, 6.45) is -0.731. The van der Waals surface area contributed by atoms with Crippen molar-refractivity contribution in [1.29, 1.82) is 0 Å². The molecule has 2 aromatic rings. The maximum atomic E-state index is 11.9. The molecule has 3 nitrogen and oxygen atoms in total. The summed E-state index contributed by atoms with van der Waals surface area (Å²) >= 11 is 0. The highest BCUT2D eigenvalue weighted by Crippen LogP contribution is 2.40. The molecular formula is C18H19NO2. The van der Waals surface area contributed by atoms with Gasteiger partial charge in [0.25, 0.3) is 0 Å². The van der Waals surface area contributed by atoms with Gasteiger partial charge in [0.15, 0.2) is 0 Å². The van der Waals surface area contributed by atoms with Crippen LogP contribution in [0.15, 0.2) is 36.4 Å². The third kappa shape index (κ3) is 2.24. The number of amides is 1. The van der Waals surface area contributed by atoms with Gasteiger partial charge < -0.3 is 10.4 Å². The van der Waals surface area contributed by atoms with E-state index in [9.17, 15) is 9.90 Å². The molecule has 1 aliphatic rings. The van der Waals surface area contributed by atoms with Crippen LogP contribution in [0.25, 0.3) is 0 Å². The maximum Gasteiger partial charge on any atom is 0.231 e. The molecular weight excluding hydrogens is 262 g/mol. The lowest BCUT2D eigenvalue weighted by Crippen LogP contribution is -2.10. The molecule has 2 aromatic carbocycles. The van der Waals surface area contributed by atoms with Crippen molar-refractivity contribution in [2.24, 2.45) is 0 Å². The number of hydrogen-bond acceptors (Lipinski definition) is 2. The Hall–Kier alpha value is -2.13. The van der Waals surface area contributed by atoms with E-state index in [0.717, 1.165) is 33.5 Å². The van der Waals surface area contributed by atoms with E-state index in [4.69, 9.17) is 0 Å². The van der Waals surface area contributed by atoms with Gasteiger partial charge in [-0.15, -0.1) is 0 Å². The summed E-state index contributed by atoms with van der Waals surface area (Å²) < 4.78 is 0. The molecule has 21 heavy (non-hydrogen) atoms. The molecule has 0 aliphatic carbocycles. The van der Waals surface area contributed by atoms with Crippen LogP contribution in [-0.2, 0) is 4.79 Å². The lowest BCUT2D eigenvalue weighted by Gasteiger charge is -2.18. The summed E-state index contributed by atoms with van der Waals surface area (Å²) in [6.45, 7) is 5.87. The Bertz CT molecular complexity index is 721. The molecule has 1 heterocycles. The zero-order valence-corrected chi connectivity index (χ0v) is 12.5. The second-order valence-electron chi connectivity index (χ2n) is 5.79. The summed E-state index contributed by atoms with van der Waals surface area (Å²) in [4.78, 5) is 11.9. The van der Waals surface area contributed by atoms with Crippen molar-refractivity contribution in [1.82, 2.24) is 0 Å². The molecule has 1 aliphatic heterocycles. The zero-order valence-electron chi connectivity index (χ0n) is 12.5. The highest BCUT2D eigenvalue weighted by molar-refractivity contribution is 6.03. The largest absolute Gasteiger partial charge is 0.384 e. The van der Waals surface area contributed by atoms with E-state index in [1.165, 1.54) is 0 Å². The van der Waals surface area contributed by atoms with Gasteiger partial charge >= 0.3 is 0 Å². The molecule has 0 saturated carbocycles. The molecule has 2 unspecified atom stereocenters. The fourth-order valence-electron chi connectivity index (χ4n) is 2.98. The van der Waals surface area contributed by atoms with Crippen LogP contribution < -0.4 is 5.32 Å². The number of hydrogen-bond donors (Lipinski definition) is 2. The van der Waals surface area contributed by atoms with E-state index in [1.54, 1.807) is 0 Å². The van der Waals surface area contributed by atoms with Crippen molar-refractivity contribution in [2.75, 3.05) is 5.32 Å². The monoisotopic (exact) mass is 281 g/mol. The van der Waals surface area contributed by atoms with Crippen molar-refractivity contribution in [3.8, 4) is 0 Å². The highest BCUT2D eigenvalue weighted by Gasteiger charge is 2.31. The van der Waals surface area contributed by atoms with E-state index >= 15 is 0 Å². The molecule has 2 atom stereocenters. The van der Waals surface area contributed by atoms with Crippen LogP contribution >= 0.6 is 0 Å². The average Bonchev–Trinajstić information content (AvgIpc) is 2.74. The SMILES string of the molecule is Cc1cc2c(c(C(O)c3ccccc3C)c1)NC(=O)C2C. The van der Waals surface area contributed by atoms with Gasteiger partial charge in [-0.05, 0) is 37.5 Å². The number of aryl methyl sites for hydroxylation is 2. The molecule has 0 spiro atoms. The summed E-state index contributed by atoms with van der Waals surface area (Å²) in [6, 6.07) is 11.8. The maximum absolute atomic E-state index is 11.9. The van der Waals surface area contributed by atoms with Crippen molar-refractivity contribution in [3.63, 3.8) is 0 Å². The second-order valence-corrected chi connectivity index (χ2v) is 5.79. The minimum atomic E-state index is -0.731. The Morgan fingerprint density at radius 2 is 1.86 bits per heavy atom. The average molecular weight is 281 g/mol. The first-order valence-electron chi connectivity index (χ1n) is 7.18. The number of benzene rings is 2. The van der Waals surface area contributed by atoms with Crippen LogP contribution in [-0.4, -0.2) is 11.0 Å². The van der Waals surface area contributed by atoms with Crippen molar-refractivity contribution in [3.05, 3.63) is 64.2 Å². The second kappa shape index (κ2) is 5.01. The standard InChI is InChI=1S/C18H19NO2/c1-10-8-14-12(3)18(21)19-16(14)15(9-10)17(20)13-7-5-4-6-11(13)2/h4-9,12,17,20H,1-3H3,(H,19,21). The van der Waals surface area contributed by atoms with Gasteiger partial charge in [-0.2, -0.15) is 0 Å². The van der Waals surface area contributed by atoms with Crippen LogP contribution in [0.4, 0.5) is 5.69 Å². The molecule has 3 heteroatoms. The van der Waals surface area contributed by atoms with Gasteiger partial charge in [-0.1, -0.05) is 42.0 Å². The third-order valence-electron chi connectivity index (χ3n) is 4.23. The Morgan fingerprint density at radius 1 is 1.14 bits per heavy atom.